The molecule has 5 heteroatoms. The summed E-state index contributed by atoms with van der Waals surface area (Å²) < 4.78 is 1.86. The highest BCUT2D eigenvalue weighted by Gasteiger charge is 2.25. The van der Waals surface area contributed by atoms with Crippen LogP contribution in [0.4, 0.5) is 0 Å². The molecule has 2 aromatic rings. The van der Waals surface area contributed by atoms with E-state index in [0.717, 1.165) is 24.2 Å². The van der Waals surface area contributed by atoms with Crippen LogP contribution >= 0.6 is 11.3 Å². The zero-order valence-electron chi connectivity index (χ0n) is 8.99. The summed E-state index contributed by atoms with van der Waals surface area (Å²) in [5.41, 5.74) is 2.25. The predicted octanol–water partition coefficient (Wildman–Crippen LogP) is 2.15. The Kier molecular flexibility index (Phi) is 2.04. The average molecular weight is 236 g/mol. The Balaban J connectivity index is 2.37. The summed E-state index contributed by atoms with van der Waals surface area (Å²) in [5.74, 6) is -0.864. The molecule has 0 spiro atoms. The minimum Gasteiger partial charge on any atom is -0.477 e. The molecule has 0 amide bonds. The summed E-state index contributed by atoms with van der Waals surface area (Å²) in [6.45, 7) is 1.94. The molecule has 0 saturated heterocycles. The first kappa shape index (κ1) is 9.84. The molecule has 0 aliphatic heterocycles. The van der Waals surface area contributed by atoms with E-state index < -0.39 is 5.97 Å². The third kappa shape index (κ3) is 1.15. The van der Waals surface area contributed by atoms with Gasteiger partial charge in [-0.05, 0) is 25.7 Å². The van der Waals surface area contributed by atoms with Gasteiger partial charge in [-0.25, -0.2) is 9.78 Å². The van der Waals surface area contributed by atoms with Crippen molar-refractivity contribution in [2.45, 2.75) is 32.6 Å². The zero-order valence-corrected chi connectivity index (χ0v) is 9.80. The molecular formula is C11H12N2O2S. The number of hydrogen-bond acceptors (Lipinski definition) is 3. The van der Waals surface area contributed by atoms with Crippen molar-refractivity contribution in [1.82, 2.24) is 9.38 Å². The molecule has 0 atom stereocenters. The highest BCUT2D eigenvalue weighted by Crippen LogP contribution is 2.32. The second-order valence-corrected chi connectivity index (χ2v) is 5.07. The van der Waals surface area contributed by atoms with E-state index in [4.69, 9.17) is 0 Å². The molecule has 2 aromatic heterocycles. The smallest absolute Gasteiger partial charge is 0.354 e. The number of imidazole rings is 1. The van der Waals surface area contributed by atoms with Crippen LogP contribution in [0.5, 0.6) is 0 Å². The Hall–Kier alpha value is -1.36. The van der Waals surface area contributed by atoms with Gasteiger partial charge in [0.05, 0.1) is 5.69 Å². The van der Waals surface area contributed by atoms with Crippen molar-refractivity contribution < 1.29 is 9.90 Å². The van der Waals surface area contributed by atoms with E-state index in [2.05, 4.69) is 4.98 Å². The van der Waals surface area contributed by atoms with Crippen LogP contribution in [0.25, 0.3) is 4.96 Å². The van der Waals surface area contributed by atoms with Crippen molar-refractivity contribution >= 4 is 22.3 Å². The lowest BCUT2D eigenvalue weighted by atomic mass is 10.2. The zero-order chi connectivity index (χ0) is 11.3. The Bertz CT molecular complexity index is 582. The fourth-order valence-electron chi connectivity index (χ4n) is 2.38. The van der Waals surface area contributed by atoms with E-state index >= 15 is 0 Å². The molecule has 1 aliphatic rings. The van der Waals surface area contributed by atoms with Gasteiger partial charge in [0.15, 0.2) is 10.7 Å². The van der Waals surface area contributed by atoms with E-state index in [1.165, 1.54) is 10.6 Å². The first-order chi connectivity index (χ1) is 7.72. The largest absolute Gasteiger partial charge is 0.477 e. The number of fused-ring (bicyclic) bond motifs is 3. The van der Waals surface area contributed by atoms with Crippen LogP contribution in [0.3, 0.4) is 0 Å². The molecule has 0 saturated carbocycles. The van der Waals surface area contributed by atoms with Crippen LogP contribution in [0.1, 0.15) is 40.1 Å². The normalized spacial score (nSPS) is 14.6. The molecular weight excluding hydrogens is 224 g/mol. The summed E-state index contributed by atoms with van der Waals surface area (Å²) in [7, 11) is 0. The van der Waals surface area contributed by atoms with Gasteiger partial charge in [-0.3, -0.25) is 4.40 Å². The SMILES string of the molecule is CCc1nc2sc3c(n2c1C(=O)O)CCC3. The van der Waals surface area contributed by atoms with Crippen LogP contribution < -0.4 is 0 Å². The van der Waals surface area contributed by atoms with Crippen molar-refractivity contribution in [2.24, 2.45) is 0 Å². The molecule has 0 unspecified atom stereocenters. The van der Waals surface area contributed by atoms with Crippen LogP contribution in [-0.2, 0) is 19.3 Å². The number of carbonyl (C=O) groups is 1. The first-order valence-corrected chi connectivity index (χ1v) is 6.29. The van der Waals surface area contributed by atoms with Gasteiger partial charge in [0.2, 0.25) is 0 Å². The second kappa shape index (κ2) is 3.31. The van der Waals surface area contributed by atoms with Gasteiger partial charge in [-0.1, -0.05) is 6.92 Å². The Morgan fingerprint density at radius 2 is 2.38 bits per heavy atom. The maximum Gasteiger partial charge on any atom is 0.354 e. The van der Waals surface area contributed by atoms with Gasteiger partial charge in [-0.2, -0.15) is 0 Å². The number of hydrogen-bond donors (Lipinski definition) is 1. The van der Waals surface area contributed by atoms with Gasteiger partial charge >= 0.3 is 5.97 Å². The standard InChI is InChI=1S/C11H12N2O2S/c1-2-6-9(10(14)15)13-7-4-3-5-8(7)16-11(13)12-6/h2-5H2,1H3,(H,14,15). The van der Waals surface area contributed by atoms with Crippen molar-refractivity contribution in [3.8, 4) is 0 Å². The minimum atomic E-state index is -0.864. The first-order valence-electron chi connectivity index (χ1n) is 5.47. The average Bonchev–Trinajstić information content (AvgIpc) is 2.84. The summed E-state index contributed by atoms with van der Waals surface area (Å²) in [4.78, 5) is 17.9. The van der Waals surface area contributed by atoms with Gasteiger partial charge in [-0.15, -0.1) is 11.3 Å². The molecule has 0 aromatic carbocycles. The molecule has 0 radical (unpaired) electrons. The van der Waals surface area contributed by atoms with Gasteiger partial charge in [0.25, 0.3) is 0 Å². The van der Waals surface area contributed by atoms with Crippen molar-refractivity contribution in [3.63, 3.8) is 0 Å². The molecule has 2 heterocycles. The lowest BCUT2D eigenvalue weighted by molar-refractivity contribution is 0.0688. The molecule has 16 heavy (non-hydrogen) atoms. The molecule has 3 rings (SSSR count). The van der Waals surface area contributed by atoms with Crippen molar-refractivity contribution in [2.75, 3.05) is 0 Å². The lowest BCUT2D eigenvalue weighted by Crippen LogP contribution is -2.06. The maximum absolute atomic E-state index is 11.3. The number of aromatic nitrogens is 2. The third-order valence-corrected chi connectivity index (χ3v) is 4.22. The molecule has 4 nitrogen and oxygen atoms in total. The van der Waals surface area contributed by atoms with Gasteiger partial charge in [0, 0.05) is 10.6 Å². The fraction of sp³-hybridized carbons (Fsp3) is 0.455. The summed E-state index contributed by atoms with van der Waals surface area (Å²) >= 11 is 1.64. The predicted molar refractivity (Wildman–Crippen MR) is 61.4 cm³/mol. The number of aromatic carboxylic acids is 1. The number of nitrogens with zero attached hydrogens (tertiary/aromatic N) is 2. The topological polar surface area (TPSA) is 54.6 Å². The van der Waals surface area contributed by atoms with Crippen molar-refractivity contribution in [1.29, 1.82) is 0 Å². The molecule has 1 N–H and O–H groups in total. The van der Waals surface area contributed by atoms with Crippen LogP contribution in [0.15, 0.2) is 0 Å². The molecule has 0 bridgehead atoms. The van der Waals surface area contributed by atoms with Crippen LogP contribution in [-0.4, -0.2) is 20.5 Å². The highest BCUT2D eigenvalue weighted by molar-refractivity contribution is 7.17. The Labute approximate surface area is 96.5 Å². The summed E-state index contributed by atoms with van der Waals surface area (Å²) in [6, 6.07) is 0. The monoisotopic (exact) mass is 236 g/mol. The van der Waals surface area contributed by atoms with Gasteiger partial charge < -0.3 is 5.11 Å². The molecule has 1 aliphatic carbocycles. The third-order valence-electron chi connectivity index (χ3n) is 3.08. The van der Waals surface area contributed by atoms with Crippen LogP contribution in [0.2, 0.25) is 0 Å². The second-order valence-electron chi connectivity index (χ2n) is 4.01. The van der Waals surface area contributed by atoms with E-state index in [-0.39, 0.29) is 0 Å². The lowest BCUT2D eigenvalue weighted by Gasteiger charge is -1.98. The van der Waals surface area contributed by atoms with Gasteiger partial charge in [0.1, 0.15) is 0 Å². The van der Waals surface area contributed by atoms with Crippen LogP contribution in [0, 0.1) is 0 Å². The quantitative estimate of drug-likeness (QED) is 0.869. The summed E-state index contributed by atoms with van der Waals surface area (Å²) in [6.07, 6.45) is 3.86. The Morgan fingerprint density at radius 1 is 1.56 bits per heavy atom. The van der Waals surface area contributed by atoms with Crippen molar-refractivity contribution in [3.05, 3.63) is 22.0 Å². The number of aryl methyl sites for hydroxylation is 3. The fourth-order valence-corrected chi connectivity index (χ4v) is 3.61. The number of thiazole rings is 1. The number of carboxylic acid groups (broad SMARTS) is 1. The van der Waals surface area contributed by atoms with E-state index in [9.17, 15) is 9.90 Å². The molecule has 84 valence electrons. The number of carboxylic acids is 1. The van der Waals surface area contributed by atoms with E-state index in [1.807, 2.05) is 11.3 Å². The summed E-state index contributed by atoms with van der Waals surface area (Å²) in [5, 5.41) is 9.28. The molecule has 0 fully saturated rings. The Morgan fingerprint density at radius 3 is 3.06 bits per heavy atom. The number of rotatable bonds is 2. The van der Waals surface area contributed by atoms with E-state index in [0.29, 0.717) is 17.8 Å². The highest BCUT2D eigenvalue weighted by atomic mass is 32.1. The minimum absolute atomic E-state index is 0.372. The maximum atomic E-state index is 11.3. The van der Waals surface area contributed by atoms with E-state index in [1.54, 1.807) is 11.3 Å².